The Labute approximate surface area is 146 Å². The molecule has 0 aromatic rings. The van der Waals surface area contributed by atoms with Gasteiger partial charge in [-0.1, -0.05) is 146 Å². The van der Waals surface area contributed by atoms with E-state index in [-0.39, 0.29) is 0 Å². The summed E-state index contributed by atoms with van der Waals surface area (Å²) in [6, 6.07) is 0. The Morgan fingerprint density at radius 3 is 0.167 bits per heavy atom. The van der Waals surface area contributed by atoms with Crippen LogP contribution in [0.2, 0.25) is 0 Å². The molecule has 1 aliphatic rings. The van der Waals surface area contributed by atoms with E-state index in [1.165, 1.54) is 0 Å². The summed E-state index contributed by atoms with van der Waals surface area (Å²) in [6.07, 6.45) is 48.0. The zero-order valence-corrected chi connectivity index (χ0v) is 13.9. The van der Waals surface area contributed by atoms with Gasteiger partial charge in [0.1, 0.15) is 0 Å². The summed E-state index contributed by atoms with van der Waals surface area (Å²) in [6.45, 7) is 0. The van der Waals surface area contributed by atoms with E-state index in [2.05, 4.69) is 0 Å². The lowest BCUT2D eigenvalue weighted by Gasteiger charge is -1.77. The molecule has 0 aromatic carbocycles. The second kappa shape index (κ2) is 16.3. The molecule has 0 aromatic heterocycles. The van der Waals surface area contributed by atoms with Crippen LogP contribution in [0.4, 0.5) is 0 Å². The first-order valence-electron chi connectivity index (χ1n) is 8.00. The highest BCUT2D eigenvalue weighted by atomic mass is 13.7. The van der Waals surface area contributed by atoms with Gasteiger partial charge < -0.3 is 0 Å². The van der Waals surface area contributed by atoms with Gasteiger partial charge in [0.2, 0.25) is 0 Å². The smallest absolute Gasteiger partial charge is 0.0623 e. The number of hydrogen-bond acceptors (Lipinski definition) is 0. The molecule has 1 aliphatic carbocycles. The Hall–Kier alpha value is -3.12. The summed E-state index contributed by atoms with van der Waals surface area (Å²) in [5.74, 6) is 0. The molecule has 0 heteroatoms. The Morgan fingerprint density at radius 1 is 0.0833 bits per heavy atom. The molecule has 0 fully saturated rings. The average molecular weight is 312 g/mol. The van der Waals surface area contributed by atoms with E-state index in [0.29, 0.717) is 0 Å². The molecule has 0 nitrogen and oxygen atoms in total. The van der Waals surface area contributed by atoms with Gasteiger partial charge in [-0.2, -0.15) is 0 Å². The molecule has 0 bridgehead atoms. The summed E-state index contributed by atoms with van der Waals surface area (Å²) in [4.78, 5) is 0. The van der Waals surface area contributed by atoms with Crippen molar-refractivity contribution in [2.24, 2.45) is 0 Å². The molecule has 0 radical (unpaired) electrons. The molecular weight excluding hydrogens is 288 g/mol. The molecule has 0 amide bonds. The molecule has 24 heavy (non-hydrogen) atoms. The predicted octanol–water partition coefficient (Wildman–Crippen LogP) is 6.67. The Bertz CT molecular complexity index is 398. The minimum Gasteiger partial charge on any atom is -0.0623 e. The third-order valence-electron chi connectivity index (χ3n) is 2.67. The number of rotatable bonds is 0. The maximum atomic E-state index is 2.00. The van der Waals surface area contributed by atoms with Gasteiger partial charge in [-0.25, -0.2) is 0 Å². The predicted molar refractivity (Wildman–Crippen MR) is 110 cm³/mol. The van der Waals surface area contributed by atoms with Crippen molar-refractivity contribution in [2.75, 3.05) is 0 Å². The van der Waals surface area contributed by atoms with E-state index < -0.39 is 0 Å². The molecule has 0 aliphatic heterocycles. The third kappa shape index (κ3) is 13.8. The molecule has 120 valence electrons. The van der Waals surface area contributed by atoms with Crippen molar-refractivity contribution < 1.29 is 0 Å². The summed E-state index contributed by atoms with van der Waals surface area (Å²) >= 11 is 0. The van der Waals surface area contributed by atoms with Gasteiger partial charge in [-0.15, -0.1) is 0 Å². The van der Waals surface area contributed by atoms with Gasteiger partial charge in [0, 0.05) is 0 Å². The summed E-state index contributed by atoms with van der Waals surface area (Å²) in [5.41, 5.74) is 0. The van der Waals surface area contributed by atoms with E-state index in [1.54, 1.807) is 0 Å². The first-order valence-corrected chi connectivity index (χ1v) is 8.00. The van der Waals surface area contributed by atoms with Crippen molar-refractivity contribution in [2.45, 2.75) is 0 Å². The van der Waals surface area contributed by atoms with E-state index in [0.717, 1.165) is 0 Å². The molecule has 0 N–H and O–H groups in total. The first kappa shape index (κ1) is 18.9. The highest BCUT2D eigenvalue weighted by Gasteiger charge is 1.67. The van der Waals surface area contributed by atoms with Crippen LogP contribution >= 0.6 is 0 Å². The summed E-state index contributed by atoms with van der Waals surface area (Å²) in [5, 5.41) is 0. The third-order valence-corrected chi connectivity index (χ3v) is 2.67. The maximum absolute atomic E-state index is 2.00. The van der Waals surface area contributed by atoms with Crippen molar-refractivity contribution in [3.63, 3.8) is 0 Å². The van der Waals surface area contributed by atoms with E-state index >= 15 is 0 Å². The standard InChI is InChI=1S/C24H24/c1-2-4-6-8-10-12-14-16-18-20-22-24-23-21-19-17-15-13-11-9-7-5-3-1/h1-24H/b2-1-,3-1?,4-2?,5-3-,6-4+,7-5?,8-6?,9-7+,10-8+,11-9?,12-10?,13-11+,14-12-,15-13?,16-14?,17-15+,18-16+,19-17?,20-18?,21-19-,22-20+,23-21?,24-22?,24-23+. The molecule has 0 saturated carbocycles. The molecule has 0 atom stereocenters. The zero-order chi connectivity index (χ0) is 17.0. The number of allylic oxidation sites excluding steroid dienone is 24. The van der Waals surface area contributed by atoms with E-state index in [4.69, 9.17) is 0 Å². The van der Waals surface area contributed by atoms with Crippen molar-refractivity contribution in [3.8, 4) is 0 Å². The van der Waals surface area contributed by atoms with Gasteiger partial charge in [-0.05, 0) is 0 Å². The fraction of sp³-hybridized carbons (Fsp3) is 0. The Kier molecular flexibility index (Phi) is 12.8. The molecule has 1 rings (SSSR count). The van der Waals surface area contributed by atoms with Gasteiger partial charge in [-0.3, -0.25) is 0 Å². The zero-order valence-electron chi connectivity index (χ0n) is 13.9. The molecule has 0 unspecified atom stereocenters. The minimum atomic E-state index is 2.00. The van der Waals surface area contributed by atoms with Gasteiger partial charge in [0.25, 0.3) is 0 Å². The monoisotopic (exact) mass is 312 g/mol. The van der Waals surface area contributed by atoms with Gasteiger partial charge in [0.15, 0.2) is 0 Å². The normalized spacial score (nSPS) is 32.0. The second-order valence-electron chi connectivity index (χ2n) is 4.62. The van der Waals surface area contributed by atoms with Crippen LogP contribution in [0.3, 0.4) is 0 Å². The van der Waals surface area contributed by atoms with Crippen molar-refractivity contribution in [3.05, 3.63) is 146 Å². The van der Waals surface area contributed by atoms with Crippen LogP contribution in [0.25, 0.3) is 0 Å². The fourth-order valence-corrected chi connectivity index (χ4v) is 1.54. The molecule has 0 heterocycles. The largest absolute Gasteiger partial charge is 0.0623 e. The fourth-order valence-electron chi connectivity index (χ4n) is 1.54. The summed E-state index contributed by atoms with van der Waals surface area (Å²) < 4.78 is 0. The molecule has 0 spiro atoms. The highest BCUT2D eigenvalue weighted by molar-refractivity contribution is 5.24. The highest BCUT2D eigenvalue weighted by Crippen LogP contribution is 1.88. The molecular formula is C24H24. The second-order valence-corrected chi connectivity index (χ2v) is 4.62. The van der Waals surface area contributed by atoms with Crippen LogP contribution in [-0.2, 0) is 0 Å². The quantitative estimate of drug-likeness (QED) is 0.468. The van der Waals surface area contributed by atoms with Crippen LogP contribution in [0.1, 0.15) is 0 Å². The summed E-state index contributed by atoms with van der Waals surface area (Å²) in [7, 11) is 0. The van der Waals surface area contributed by atoms with Crippen LogP contribution in [0.5, 0.6) is 0 Å². The van der Waals surface area contributed by atoms with Crippen LogP contribution < -0.4 is 0 Å². The lowest BCUT2D eigenvalue weighted by molar-refractivity contribution is 1.81. The lowest BCUT2D eigenvalue weighted by Crippen LogP contribution is -1.55. The van der Waals surface area contributed by atoms with Crippen molar-refractivity contribution >= 4 is 0 Å². The van der Waals surface area contributed by atoms with E-state index in [1.807, 2.05) is 146 Å². The maximum Gasteiger partial charge on any atom is -0.0623 e. The lowest BCUT2D eigenvalue weighted by atomic mass is 10.3. The Morgan fingerprint density at radius 2 is 0.125 bits per heavy atom. The molecule has 0 saturated heterocycles. The van der Waals surface area contributed by atoms with Crippen LogP contribution in [0.15, 0.2) is 146 Å². The number of hydrogen-bond donors (Lipinski definition) is 0. The van der Waals surface area contributed by atoms with E-state index in [9.17, 15) is 0 Å². The minimum absolute atomic E-state index is 2.00. The van der Waals surface area contributed by atoms with Crippen molar-refractivity contribution in [1.29, 1.82) is 0 Å². The van der Waals surface area contributed by atoms with Gasteiger partial charge >= 0.3 is 0 Å². The van der Waals surface area contributed by atoms with Crippen LogP contribution in [0, 0.1) is 0 Å². The average Bonchev–Trinajstić information content (AvgIpc) is 2.59. The van der Waals surface area contributed by atoms with Gasteiger partial charge in [0.05, 0.1) is 0 Å². The SMILES string of the molecule is C1=C\C=C\C=C\C=C/C=C/C=C/C=C/C=C\C=C\C=C\C=C\C=C/1. The first-order chi connectivity index (χ1) is 12.0. The Balaban J connectivity index is 2.67. The topological polar surface area (TPSA) is 0 Å². The van der Waals surface area contributed by atoms with Crippen LogP contribution in [-0.4, -0.2) is 0 Å². The van der Waals surface area contributed by atoms with Crippen molar-refractivity contribution in [1.82, 2.24) is 0 Å².